The van der Waals surface area contributed by atoms with Crippen LogP contribution in [0.5, 0.6) is 0 Å². The first kappa shape index (κ1) is 32.6. The van der Waals surface area contributed by atoms with Gasteiger partial charge in [-0.15, -0.1) is 5.10 Å². The van der Waals surface area contributed by atoms with E-state index in [0.29, 0.717) is 17.7 Å². The van der Waals surface area contributed by atoms with Crippen molar-refractivity contribution in [2.24, 2.45) is 13.0 Å². The smallest absolute Gasteiger partial charge is 0.374 e. The molecule has 1 atom stereocenters. The summed E-state index contributed by atoms with van der Waals surface area (Å²) < 4.78 is 129. The van der Waals surface area contributed by atoms with Crippen LogP contribution in [0.15, 0.2) is 36.4 Å². The molecule has 43 heavy (non-hydrogen) atoms. The molecule has 2 aromatic carbocycles. The predicted octanol–water partition coefficient (Wildman–Crippen LogP) is 8.13. The van der Waals surface area contributed by atoms with Crippen molar-refractivity contribution in [2.75, 3.05) is 11.5 Å². The highest BCUT2D eigenvalue weighted by atomic mass is 19.4. The molecule has 1 aliphatic rings. The number of aromatic nitrogens is 4. The summed E-state index contributed by atoms with van der Waals surface area (Å²) in [6.07, 6.45) is -11.0. The third kappa shape index (κ3) is 8.18. The summed E-state index contributed by atoms with van der Waals surface area (Å²) in [6, 6.07) is 4.35. The molecule has 236 valence electrons. The second-order valence-electron chi connectivity index (χ2n) is 10.5. The number of ether oxygens (including phenoxy) is 1. The standard InChI is InChI=1S/C28H30F9N5O/c1-3-43-24(18-7-5-4-6-8-18)23-10-9-20(26(29,30)31)13-19(23)16-42(25-38-40-41(2)39-25)15-17-11-21(27(32,33)34)14-22(12-17)28(35,36)37/h9-14,18,24H,3-8,15-16H2,1-2H3/t24-/m0/s1. The highest BCUT2D eigenvalue weighted by Crippen LogP contribution is 2.41. The molecule has 1 aromatic heterocycles. The Labute approximate surface area is 241 Å². The molecule has 0 N–H and O–H groups in total. The van der Waals surface area contributed by atoms with Gasteiger partial charge < -0.3 is 9.64 Å². The van der Waals surface area contributed by atoms with Crippen LogP contribution in [0.3, 0.4) is 0 Å². The molecular formula is C28H30F9N5O. The van der Waals surface area contributed by atoms with Crippen molar-refractivity contribution in [3.8, 4) is 0 Å². The maximum absolute atomic E-state index is 13.8. The van der Waals surface area contributed by atoms with Crippen LogP contribution < -0.4 is 4.90 Å². The number of aryl methyl sites for hydroxylation is 1. The first-order valence-electron chi connectivity index (χ1n) is 13.6. The molecule has 0 saturated heterocycles. The summed E-state index contributed by atoms with van der Waals surface area (Å²) in [4.78, 5) is 2.22. The van der Waals surface area contributed by atoms with Crippen molar-refractivity contribution in [3.05, 3.63) is 69.8 Å². The largest absolute Gasteiger partial charge is 0.416 e. The van der Waals surface area contributed by atoms with E-state index in [-0.39, 0.29) is 36.6 Å². The molecular weight excluding hydrogens is 593 g/mol. The topological polar surface area (TPSA) is 56.1 Å². The number of hydrogen-bond acceptors (Lipinski definition) is 5. The highest BCUT2D eigenvalue weighted by Gasteiger charge is 2.38. The fraction of sp³-hybridized carbons (Fsp3) is 0.536. The lowest BCUT2D eigenvalue weighted by Gasteiger charge is -2.33. The zero-order chi connectivity index (χ0) is 31.6. The SMILES string of the molecule is CCO[C@H](c1ccc(C(F)(F)F)cc1CN(Cc1cc(C(F)(F)F)cc(C(F)(F)F)c1)c1nnn(C)n1)C1CCCCC1. The molecule has 0 bridgehead atoms. The molecule has 1 fully saturated rings. The van der Waals surface area contributed by atoms with E-state index in [9.17, 15) is 39.5 Å². The quantitative estimate of drug-likeness (QED) is 0.225. The lowest BCUT2D eigenvalue weighted by Crippen LogP contribution is -2.27. The average molecular weight is 624 g/mol. The van der Waals surface area contributed by atoms with Crippen molar-refractivity contribution < 1.29 is 44.3 Å². The van der Waals surface area contributed by atoms with Crippen LogP contribution in [0.25, 0.3) is 0 Å². The molecule has 3 aromatic rings. The van der Waals surface area contributed by atoms with Gasteiger partial charge in [0.05, 0.1) is 29.8 Å². The number of anilines is 1. The third-order valence-corrected chi connectivity index (χ3v) is 7.36. The van der Waals surface area contributed by atoms with Gasteiger partial charge in [0.2, 0.25) is 0 Å². The third-order valence-electron chi connectivity index (χ3n) is 7.36. The Hall–Kier alpha value is -3.36. The van der Waals surface area contributed by atoms with Crippen molar-refractivity contribution >= 4 is 5.95 Å². The minimum absolute atomic E-state index is 0.0101. The molecule has 1 aliphatic carbocycles. The van der Waals surface area contributed by atoms with Gasteiger partial charge in [-0.25, -0.2) is 0 Å². The van der Waals surface area contributed by atoms with Crippen LogP contribution in [0.1, 0.15) is 78.5 Å². The number of alkyl halides is 9. The Morgan fingerprint density at radius 2 is 1.44 bits per heavy atom. The molecule has 15 heteroatoms. The molecule has 0 spiro atoms. The van der Waals surface area contributed by atoms with Gasteiger partial charge in [-0.3, -0.25) is 0 Å². The number of nitrogens with zero attached hydrogens (tertiary/aromatic N) is 5. The molecule has 1 heterocycles. The number of tetrazole rings is 1. The van der Waals surface area contributed by atoms with Crippen molar-refractivity contribution in [1.29, 1.82) is 0 Å². The molecule has 6 nitrogen and oxygen atoms in total. The minimum Gasteiger partial charge on any atom is -0.374 e. The first-order chi connectivity index (χ1) is 20.1. The van der Waals surface area contributed by atoms with Crippen LogP contribution in [-0.2, 0) is 43.4 Å². The molecule has 0 unspecified atom stereocenters. The van der Waals surface area contributed by atoms with E-state index in [0.717, 1.165) is 49.0 Å². The van der Waals surface area contributed by atoms with Crippen molar-refractivity contribution in [2.45, 2.75) is 76.8 Å². The number of benzene rings is 2. The van der Waals surface area contributed by atoms with Gasteiger partial charge in [0.1, 0.15) is 0 Å². The number of halogens is 9. The molecule has 4 rings (SSSR count). The van der Waals surface area contributed by atoms with Gasteiger partial charge in [0.25, 0.3) is 5.95 Å². The maximum atomic E-state index is 13.8. The number of rotatable bonds is 9. The Balaban J connectivity index is 1.82. The lowest BCUT2D eigenvalue weighted by atomic mass is 9.81. The molecule has 0 amide bonds. The van der Waals surface area contributed by atoms with E-state index in [4.69, 9.17) is 4.74 Å². The maximum Gasteiger partial charge on any atom is 0.416 e. The van der Waals surface area contributed by atoms with Gasteiger partial charge in [-0.05, 0) is 77.9 Å². The van der Waals surface area contributed by atoms with Crippen LogP contribution >= 0.6 is 0 Å². The average Bonchev–Trinajstić information content (AvgIpc) is 3.36. The van der Waals surface area contributed by atoms with E-state index in [1.165, 1.54) is 18.0 Å². The summed E-state index contributed by atoms with van der Waals surface area (Å²) in [7, 11) is 1.39. The van der Waals surface area contributed by atoms with Crippen molar-refractivity contribution in [1.82, 2.24) is 20.2 Å². The van der Waals surface area contributed by atoms with E-state index in [2.05, 4.69) is 15.4 Å². The lowest BCUT2D eigenvalue weighted by molar-refractivity contribution is -0.143. The first-order valence-corrected chi connectivity index (χ1v) is 13.6. The van der Waals surface area contributed by atoms with Crippen molar-refractivity contribution in [3.63, 3.8) is 0 Å². The van der Waals surface area contributed by atoms with Crippen LogP contribution in [0.2, 0.25) is 0 Å². The normalized spacial score (nSPS) is 16.0. The van der Waals surface area contributed by atoms with Gasteiger partial charge in [-0.2, -0.15) is 44.3 Å². The van der Waals surface area contributed by atoms with E-state index < -0.39 is 53.4 Å². The Morgan fingerprint density at radius 3 is 1.95 bits per heavy atom. The zero-order valence-corrected chi connectivity index (χ0v) is 23.3. The Morgan fingerprint density at radius 1 is 0.837 bits per heavy atom. The van der Waals surface area contributed by atoms with Crippen LogP contribution in [-0.4, -0.2) is 26.8 Å². The van der Waals surface area contributed by atoms with Gasteiger partial charge >= 0.3 is 18.5 Å². The highest BCUT2D eigenvalue weighted by molar-refractivity contribution is 5.42. The van der Waals surface area contributed by atoms with E-state index >= 15 is 0 Å². The predicted molar refractivity (Wildman–Crippen MR) is 138 cm³/mol. The Bertz CT molecular complexity index is 1350. The summed E-state index contributed by atoms with van der Waals surface area (Å²) >= 11 is 0. The second kappa shape index (κ2) is 12.7. The van der Waals surface area contributed by atoms with Gasteiger partial charge in [-0.1, -0.05) is 30.4 Å². The van der Waals surface area contributed by atoms with E-state index in [1.54, 1.807) is 6.92 Å². The second-order valence-corrected chi connectivity index (χ2v) is 10.5. The fourth-order valence-electron chi connectivity index (χ4n) is 5.43. The molecule has 0 radical (unpaired) electrons. The number of hydrogen-bond donors (Lipinski definition) is 0. The summed E-state index contributed by atoms with van der Waals surface area (Å²) in [5, 5.41) is 11.6. The van der Waals surface area contributed by atoms with Crippen LogP contribution in [0.4, 0.5) is 45.5 Å². The summed E-state index contributed by atoms with van der Waals surface area (Å²) in [5.74, 6) is -0.174. The minimum atomic E-state index is -5.08. The summed E-state index contributed by atoms with van der Waals surface area (Å²) in [5.41, 5.74) is -3.80. The Kier molecular flexibility index (Phi) is 9.62. The zero-order valence-electron chi connectivity index (χ0n) is 23.3. The molecule has 1 saturated carbocycles. The summed E-state index contributed by atoms with van der Waals surface area (Å²) in [6.45, 7) is 1.08. The monoisotopic (exact) mass is 623 g/mol. The van der Waals surface area contributed by atoms with Gasteiger partial charge in [0.15, 0.2) is 0 Å². The molecule has 0 aliphatic heterocycles. The fourth-order valence-corrected chi connectivity index (χ4v) is 5.43. The van der Waals surface area contributed by atoms with E-state index in [1.807, 2.05) is 0 Å². The van der Waals surface area contributed by atoms with Crippen LogP contribution in [0, 0.1) is 5.92 Å². The van der Waals surface area contributed by atoms with Gasteiger partial charge in [0, 0.05) is 19.7 Å².